The Morgan fingerprint density at radius 3 is 2.92 bits per heavy atom. The Morgan fingerprint density at radius 1 is 1.46 bits per heavy atom. The first-order valence-electron chi connectivity index (χ1n) is 4.26. The summed E-state index contributed by atoms with van der Waals surface area (Å²) in [6.07, 6.45) is 0.996. The van der Waals surface area contributed by atoms with Crippen LogP contribution in [-0.4, -0.2) is 4.98 Å². The third-order valence-corrected chi connectivity index (χ3v) is 3.59. The number of halogens is 1. The molecule has 0 amide bonds. The van der Waals surface area contributed by atoms with Crippen LogP contribution in [0.25, 0.3) is 10.2 Å². The highest BCUT2D eigenvalue weighted by Crippen LogP contribution is 2.27. The molecule has 0 unspecified atom stereocenters. The summed E-state index contributed by atoms with van der Waals surface area (Å²) in [5, 5.41) is 2.01. The Balaban J connectivity index is 2.70. The molecule has 0 bridgehead atoms. The maximum atomic E-state index is 6.02. The van der Waals surface area contributed by atoms with Crippen LogP contribution in [0.1, 0.15) is 17.5 Å². The Bertz CT molecular complexity index is 408. The average molecular weight is 212 g/mol. The van der Waals surface area contributed by atoms with Gasteiger partial charge in [-0.3, -0.25) is 0 Å². The molecule has 68 valence electrons. The molecule has 1 aromatic carbocycles. The Morgan fingerprint density at radius 2 is 2.23 bits per heavy atom. The van der Waals surface area contributed by atoms with Crippen LogP contribution in [0.3, 0.4) is 0 Å². The zero-order chi connectivity index (χ0) is 9.42. The third-order valence-electron chi connectivity index (χ3n) is 2.02. The van der Waals surface area contributed by atoms with Crippen LogP contribution in [-0.2, 0) is 6.42 Å². The van der Waals surface area contributed by atoms with E-state index in [0.29, 0.717) is 0 Å². The number of hydrogen-bond acceptors (Lipinski definition) is 2. The summed E-state index contributed by atoms with van der Waals surface area (Å²) in [5.41, 5.74) is 2.17. The molecule has 0 aliphatic heterocycles. The molecule has 2 rings (SSSR count). The summed E-state index contributed by atoms with van der Waals surface area (Å²) in [5.74, 6) is 0. The first-order valence-corrected chi connectivity index (χ1v) is 5.45. The van der Waals surface area contributed by atoms with Crippen molar-refractivity contribution in [3.63, 3.8) is 0 Å². The lowest BCUT2D eigenvalue weighted by atomic mass is 10.2. The number of rotatable bonds is 1. The van der Waals surface area contributed by atoms with Gasteiger partial charge in [0.05, 0.1) is 15.2 Å². The molecule has 13 heavy (non-hydrogen) atoms. The van der Waals surface area contributed by atoms with E-state index >= 15 is 0 Å². The smallest absolute Gasteiger partial charge is 0.0935 e. The second kappa shape index (κ2) is 3.28. The maximum Gasteiger partial charge on any atom is 0.0935 e. The Hall–Kier alpha value is -0.600. The molecule has 0 N–H and O–H groups in total. The van der Waals surface area contributed by atoms with Gasteiger partial charge in [0.2, 0.25) is 0 Å². The van der Waals surface area contributed by atoms with Crippen molar-refractivity contribution in [3.05, 3.63) is 27.7 Å². The van der Waals surface area contributed by atoms with Gasteiger partial charge in [-0.05, 0) is 31.0 Å². The van der Waals surface area contributed by atoms with Gasteiger partial charge in [0.15, 0.2) is 0 Å². The number of hydrogen-bond donors (Lipinski definition) is 0. The lowest BCUT2D eigenvalue weighted by Gasteiger charge is -1.94. The first kappa shape index (κ1) is 8.97. The summed E-state index contributed by atoms with van der Waals surface area (Å²) in [6, 6.07) is 4.05. The normalized spacial score (nSPS) is 11.0. The maximum absolute atomic E-state index is 6.02. The fourth-order valence-corrected chi connectivity index (χ4v) is 2.41. The van der Waals surface area contributed by atoms with Gasteiger partial charge in [0, 0.05) is 5.02 Å². The molecule has 0 spiro atoms. The van der Waals surface area contributed by atoms with Crippen molar-refractivity contribution >= 4 is 33.2 Å². The molecule has 0 aliphatic rings. The summed E-state index contributed by atoms with van der Waals surface area (Å²) in [6.45, 7) is 4.12. The number of aromatic nitrogens is 1. The van der Waals surface area contributed by atoms with E-state index in [1.807, 2.05) is 19.1 Å². The largest absolute Gasteiger partial charge is 0.241 e. The van der Waals surface area contributed by atoms with Gasteiger partial charge in [0.1, 0.15) is 0 Å². The molecule has 0 saturated heterocycles. The topological polar surface area (TPSA) is 12.9 Å². The average Bonchev–Trinajstić information content (AvgIpc) is 2.48. The van der Waals surface area contributed by atoms with Gasteiger partial charge < -0.3 is 0 Å². The van der Waals surface area contributed by atoms with Crippen molar-refractivity contribution < 1.29 is 0 Å². The minimum atomic E-state index is 0.832. The molecule has 1 aromatic heterocycles. The lowest BCUT2D eigenvalue weighted by molar-refractivity contribution is 1.11. The van der Waals surface area contributed by atoms with Gasteiger partial charge in [-0.25, -0.2) is 4.98 Å². The molecule has 0 radical (unpaired) electrons. The van der Waals surface area contributed by atoms with E-state index in [4.69, 9.17) is 11.6 Å². The molecule has 0 fully saturated rings. The summed E-state index contributed by atoms with van der Waals surface area (Å²) in [7, 11) is 0. The van der Waals surface area contributed by atoms with E-state index in [-0.39, 0.29) is 0 Å². The Kier molecular flexibility index (Phi) is 2.26. The van der Waals surface area contributed by atoms with E-state index in [9.17, 15) is 0 Å². The third kappa shape index (κ3) is 1.56. The molecular formula is C10H10ClNS. The number of thiazole rings is 1. The number of benzene rings is 1. The van der Waals surface area contributed by atoms with E-state index in [1.54, 1.807) is 11.3 Å². The zero-order valence-electron chi connectivity index (χ0n) is 7.60. The van der Waals surface area contributed by atoms with Crippen molar-refractivity contribution in [3.8, 4) is 0 Å². The fraction of sp³-hybridized carbons (Fsp3) is 0.300. The minimum absolute atomic E-state index is 0.832. The van der Waals surface area contributed by atoms with Crippen LogP contribution in [0.2, 0.25) is 5.02 Å². The van der Waals surface area contributed by atoms with E-state index in [0.717, 1.165) is 22.5 Å². The highest BCUT2D eigenvalue weighted by Gasteiger charge is 2.04. The van der Waals surface area contributed by atoms with Crippen molar-refractivity contribution in [1.82, 2.24) is 4.98 Å². The molecule has 0 atom stereocenters. The molecule has 1 nitrogen and oxygen atoms in total. The van der Waals surface area contributed by atoms with Gasteiger partial charge >= 0.3 is 0 Å². The van der Waals surface area contributed by atoms with Crippen LogP contribution in [0.15, 0.2) is 12.1 Å². The van der Waals surface area contributed by atoms with Crippen LogP contribution in [0, 0.1) is 6.92 Å². The SMILES string of the molecule is CCc1nc2cc(C)c(Cl)cc2s1. The quantitative estimate of drug-likeness (QED) is 0.699. The van der Waals surface area contributed by atoms with Crippen LogP contribution in [0.5, 0.6) is 0 Å². The molecule has 0 aliphatic carbocycles. The minimum Gasteiger partial charge on any atom is -0.241 e. The number of fused-ring (bicyclic) bond motifs is 1. The monoisotopic (exact) mass is 211 g/mol. The first-order chi connectivity index (χ1) is 6.20. The standard InChI is InChI=1S/C10H10ClNS/c1-3-10-12-8-4-6(2)7(11)5-9(8)13-10/h4-5H,3H2,1-2H3. The fourth-order valence-electron chi connectivity index (χ4n) is 1.25. The second-order valence-corrected chi connectivity index (χ2v) is 4.55. The van der Waals surface area contributed by atoms with Crippen molar-refractivity contribution in [2.24, 2.45) is 0 Å². The molecule has 0 saturated carbocycles. The van der Waals surface area contributed by atoms with Gasteiger partial charge in [-0.15, -0.1) is 11.3 Å². The predicted molar refractivity (Wildman–Crippen MR) is 58.7 cm³/mol. The molecule has 3 heteroatoms. The van der Waals surface area contributed by atoms with Gasteiger partial charge in [-0.2, -0.15) is 0 Å². The molecule has 1 heterocycles. The Labute approximate surface area is 86.4 Å². The molecular weight excluding hydrogens is 202 g/mol. The summed E-state index contributed by atoms with van der Waals surface area (Å²) in [4.78, 5) is 4.49. The van der Waals surface area contributed by atoms with Crippen LogP contribution >= 0.6 is 22.9 Å². The predicted octanol–water partition coefficient (Wildman–Crippen LogP) is 3.82. The van der Waals surface area contributed by atoms with Crippen molar-refractivity contribution in [2.75, 3.05) is 0 Å². The summed E-state index contributed by atoms with van der Waals surface area (Å²) >= 11 is 7.74. The lowest BCUT2D eigenvalue weighted by Crippen LogP contribution is -1.76. The van der Waals surface area contributed by atoms with Crippen molar-refractivity contribution in [2.45, 2.75) is 20.3 Å². The van der Waals surface area contributed by atoms with Crippen LogP contribution in [0.4, 0.5) is 0 Å². The molecule has 2 aromatic rings. The zero-order valence-corrected chi connectivity index (χ0v) is 9.17. The van der Waals surface area contributed by atoms with Gasteiger partial charge in [-0.1, -0.05) is 18.5 Å². The highest BCUT2D eigenvalue weighted by molar-refractivity contribution is 7.18. The van der Waals surface area contributed by atoms with Gasteiger partial charge in [0.25, 0.3) is 0 Å². The van der Waals surface area contributed by atoms with E-state index in [1.165, 1.54) is 9.71 Å². The van der Waals surface area contributed by atoms with E-state index < -0.39 is 0 Å². The number of aryl methyl sites for hydroxylation is 2. The van der Waals surface area contributed by atoms with E-state index in [2.05, 4.69) is 11.9 Å². The second-order valence-electron chi connectivity index (χ2n) is 3.03. The van der Waals surface area contributed by atoms with Crippen LogP contribution < -0.4 is 0 Å². The highest BCUT2D eigenvalue weighted by atomic mass is 35.5. The van der Waals surface area contributed by atoms with Crippen molar-refractivity contribution in [1.29, 1.82) is 0 Å². The number of nitrogens with zero attached hydrogens (tertiary/aromatic N) is 1. The summed E-state index contributed by atoms with van der Waals surface area (Å²) < 4.78 is 1.19.